The number of aliphatic hydroxyl groups is 1. The van der Waals surface area contributed by atoms with Crippen LogP contribution in [0.15, 0.2) is 30.6 Å². The predicted octanol–water partition coefficient (Wildman–Crippen LogP) is 4.33. The smallest absolute Gasteiger partial charge is 0.135 e. The molecule has 2 heterocycles. The van der Waals surface area contributed by atoms with Crippen molar-refractivity contribution in [1.82, 2.24) is 9.97 Å². The van der Waals surface area contributed by atoms with Crippen molar-refractivity contribution in [2.45, 2.75) is 51.6 Å². The summed E-state index contributed by atoms with van der Waals surface area (Å²) in [7, 11) is 0. The molecule has 2 aromatic rings. The zero-order chi connectivity index (χ0) is 21.1. The molecule has 1 saturated heterocycles. The Labute approximate surface area is 178 Å². The van der Waals surface area contributed by atoms with Crippen LogP contribution < -0.4 is 10.2 Å². The first-order valence-electron chi connectivity index (χ1n) is 11.0. The van der Waals surface area contributed by atoms with E-state index in [-0.39, 0.29) is 5.92 Å². The molecule has 3 fully saturated rings. The van der Waals surface area contributed by atoms with E-state index in [1.54, 1.807) is 6.33 Å². The molecule has 3 aliphatic rings. The first-order valence-corrected chi connectivity index (χ1v) is 11.0. The van der Waals surface area contributed by atoms with Crippen molar-refractivity contribution in [3.63, 3.8) is 0 Å². The van der Waals surface area contributed by atoms with Gasteiger partial charge in [-0.2, -0.15) is 0 Å². The summed E-state index contributed by atoms with van der Waals surface area (Å²) in [5, 5.41) is 21.7. The maximum atomic E-state index is 10.5. The fourth-order valence-electron chi connectivity index (χ4n) is 5.36. The lowest BCUT2D eigenvalue weighted by molar-refractivity contribution is 0.0105. The van der Waals surface area contributed by atoms with Crippen molar-refractivity contribution in [1.29, 1.82) is 5.41 Å². The molecule has 6 heteroatoms. The molecule has 1 aromatic heterocycles. The second-order valence-electron chi connectivity index (χ2n) is 10.1. The third-order valence-electron chi connectivity index (χ3n) is 7.48. The third-order valence-corrected chi connectivity index (χ3v) is 7.48. The quantitative estimate of drug-likeness (QED) is 0.623. The molecule has 5 rings (SSSR count). The van der Waals surface area contributed by atoms with Crippen LogP contribution in [0.2, 0.25) is 0 Å². The highest BCUT2D eigenvalue weighted by Crippen LogP contribution is 2.75. The summed E-state index contributed by atoms with van der Waals surface area (Å²) in [6, 6.07) is 8.38. The molecule has 1 aromatic carbocycles. The van der Waals surface area contributed by atoms with Crippen LogP contribution in [-0.2, 0) is 0 Å². The molecule has 0 amide bonds. The molecule has 3 atom stereocenters. The van der Waals surface area contributed by atoms with Gasteiger partial charge in [-0.05, 0) is 62.0 Å². The average molecular weight is 406 g/mol. The summed E-state index contributed by atoms with van der Waals surface area (Å²) in [4.78, 5) is 11.1. The van der Waals surface area contributed by atoms with Gasteiger partial charge in [0.25, 0.3) is 0 Å². The number of hydrogen-bond donors (Lipinski definition) is 3. The molecule has 3 N–H and O–H groups in total. The molecule has 1 spiro atoms. The van der Waals surface area contributed by atoms with Crippen molar-refractivity contribution in [2.75, 3.05) is 23.3 Å². The average Bonchev–Trinajstić information content (AvgIpc) is 3.60. The van der Waals surface area contributed by atoms with Gasteiger partial charge in [-0.1, -0.05) is 19.1 Å². The highest BCUT2D eigenvalue weighted by molar-refractivity contribution is 5.87. The van der Waals surface area contributed by atoms with Crippen molar-refractivity contribution in [2.24, 2.45) is 17.3 Å². The van der Waals surface area contributed by atoms with Crippen molar-refractivity contribution < 1.29 is 5.11 Å². The van der Waals surface area contributed by atoms with Gasteiger partial charge in [0.15, 0.2) is 0 Å². The zero-order valence-electron chi connectivity index (χ0n) is 18.0. The van der Waals surface area contributed by atoms with E-state index >= 15 is 0 Å². The number of hydrogen-bond acceptors (Lipinski definition) is 6. The number of anilines is 3. The standard InChI is InChI=1S/C24H31N5O/c1-15-12-29(13-19(15)23(2,3)30)22-9-21(26-14-27-22)28-20-8-16(4-5-17(20)11-25)18-10-24(18)6-7-24/h4-5,8-9,11,14-15,18-19,25,30H,6-7,10,12-13H2,1-3H3,(H,26,27,28)/t15?,18-,19?/m0/s1. The number of aromatic nitrogens is 2. The maximum Gasteiger partial charge on any atom is 0.135 e. The van der Waals surface area contributed by atoms with E-state index < -0.39 is 5.60 Å². The van der Waals surface area contributed by atoms with Crippen LogP contribution in [0, 0.1) is 22.7 Å². The maximum absolute atomic E-state index is 10.5. The molecule has 0 radical (unpaired) electrons. The van der Waals surface area contributed by atoms with E-state index in [0.717, 1.165) is 36.0 Å². The number of rotatable bonds is 6. The normalized spacial score (nSPS) is 26.7. The van der Waals surface area contributed by atoms with Crippen molar-refractivity contribution in [3.8, 4) is 0 Å². The lowest BCUT2D eigenvalue weighted by Crippen LogP contribution is -2.35. The summed E-state index contributed by atoms with van der Waals surface area (Å²) in [6.45, 7) is 7.63. The van der Waals surface area contributed by atoms with Crippen LogP contribution in [0.4, 0.5) is 17.3 Å². The van der Waals surface area contributed by atoms with Gasteiger partial charge in [-0.15, -0.1) is 0 Å². The molecule has 2 unspecified atom stereocenters. The van der Waals surface area contributed by atoms with E-state index in [4.69, 9.17) is 5.41 Å². The topological polar surface area (TPSA) is 85.1 Å². The van der Waals surface area contributed by atoms with E-state index in [1.165, 1.54) is 31.0 Å². The van der Waals surface area contributed by atoms with Crippen LogP contribution in [0.3, 0.4) is 0 Å². The van der Waals surface area contributed by atoms with Gasteiger partial charge in [0, 0.05) is 42.5 Å². The fraction of sp³-hybridized carbons (Fsp3) is 0.542. The minimum Gasteiger partial charge on any atom is -0.390 e. The highest BCUT2D eigenvalue weighted by atomic mass is 16.3. The van der Waals surface area contributed by atoms with E-state index in [9.17, 15) is 5.11 Å². The number of nitrogens with one attached hydrogen (secondary N) is 2. The summed E-state index contributed by atoms with van der Waals surface area (Å²) in [6.07, 6.45) is 7.02. The predicted molar refractivity (Wildman–Crippen MR) is 120 cm³/mol. The van der Waals surface area contributed by atoms with E-state index in [2.05, 4.69) is 39.2 Å². The van der Waals surface area contributed by atoms with E-state index in [0.29, 0.717) is 17.3 Å². The molecular weight excluding hydrogens is 374 g/mol. The summed E-state index contributed by atoms with van der Waals surface area (Å²) in [5.41, 5.74) is 3.06. The number of benzene rings is 1. The molecule has 6 nitrogen and oxygen atoms in total. The first kappa shape index (κ1) is 19.5. The highest BCUT2D eigenvalue weighted by Gasteiger charge is 2.62. The Balaban J connectivity index is 1.36. The lowest BCUT2D eigenvalue weighted by atomic mass is 9.84. The van der Waals surface area contributed by atoms with Crippen molar-refractivity contribution >= 4 is 23.5 Å². The second-order valence-corrected chi connectivity index (χ2v) is 10.1. The van der Waals surface area contributed by atoms with Crippen LogP contribution in [0.5, 0.6) is 0 Å². The number of nitrogens with zero attached hydrogens (tertiary/aromatic N) is 3. The van der Waals surface area contributed by atoms with Gasteiger partial charge in [0.2, 0.25) is 0 Å². The Bertz CT molecular complexity index is 978. The van der Waals surface area contributed by atoms with Crippen molar-refractivity contribution in [3.05, 3.63) is 41.7 Å². The molecule has 1 aliphatic heterocycles. The van der Waals surface area contributed by atoms with Gasteiger partial charge < -0.3 is 20.7 Å². The van der Waals surface area contributed by atoms with E-state index in [1.807, 2.05) is 26.0 Å². The monoisotopic (exact) mass is 405 g/mol. The minimum atomic E-state index is -0.705. The lowest BCUT2D eigenvalue weighted by Gasteiger charge is -2.28. The molecule has 158 valence electrons. The van der Waals surface area contributed by atoms with Crippen LogP contribution in [0.25, 0.3) is 0 Å². The molecule has 2 saturated carbocycles. The van der Waals surface area contributed by atoms with Gasteiger partial charge in [-0.25, -0.2) is 9.97 Å². The Morgan fingerprint density at radius 2 is 2.03 bits per heavy atom. The summed E-state index contributed by atoms with van der Waals surface area (Å²) in [5.74, 6) is 2.89. The second kappa shape index (κ2) is 6.77. The van der Waals surface area contributed by atoms with Crippen LogP contribution in [-0.4, -0.2) is 40.0 Å². The largest absolute Gasteiger partial charge is 0.390 e. The molecular formula is C24H31N5O. The SMILES string of the molecule is CC1CN(c2cc(Nc3cc([C@@H]4CC45CC5)ccc3C=N)ncn2)CC1C(C)(C)O. The van der Waals surface area contributed by atoms with Crippen LogP contribution in [0.1, 0.15) is 57.1 Å². The summed E-state index contributed by atoms with van der Waals surface area (Å²) < 4.78 is 0. The minimum absolute atomic E-state index is 0.207. The molecule has 0 bridgehead atoms. The van der Waals surface area contributed by atoms with Gasteiger partial charge in [-0.3, -0.25) is 0 Å². The Hall–Kier alpha value is -2.47. The molecule has 2 aliphatic carbocycles. The van der Waals surface area contributed by atoms with Gasteiger partial charge >= 0.3 is 0 Å². The molecule has 30 heavy (non-hydrogen) atoms. The summed E-state index contributed by atoms with van der Waals surface area (Å²) >= 11 is 0. The first-order chi connectivity index (χ1) is 14.3. The fourth-order valence-corrected chi connectivity index (χ4v) is 5.36. The van der Waals surface area contributed by atoms with Gasteiger partial charge in [0.05, 0.1) is 5.60 Å². The van der Waals surface area contributed by atoms with Gasteiger partial charge in [0.1, 0.15) is 18.0 Å². The Morgan fingerprint density at radius 3 is 2.67 bits per heavy atom. The van der Waals surface area contributed by atoms with Crippen LogP contribution >= 0.6 is 0 Å². The third kappa shape index (κ3) is 3.47. The Morgan fingerprint density at radius 1 is 1.23 bits per heavy atom. The zero-order valence-corrected chi connectivity index (χ0v) is 18.0. The Kier molecular flexibility index (Phi) is 4.40.